The molecule has 0 saturated heterocycles. The average molecular weight is 166 g/mol. The van der Waals surface area contributed by atoms with Crippen molar-refractivity contribution in [3.63, 3.8) is 0 Å². The first-order chi connectivity index (χ1) is 5.63. The van der Waals surface area contributed by atoms with E-state index >= 15 is 0 Å². The molecular weight excluding hydrogens is 156 g/mol. The molecule has 0 N–H and O–H groups in total. The summed E-state index contributed by atoms with van der Waals surface area (Å²) in [6, 6.07) is 3.07. The molecule has 1 aromatic heterocycles. The van der Waals surface area contributed by atoms with Crippen LogP contribution in [0.5, 0.6) is 0 Å². The van der Waals surface area contributed by atoms with Gasteiger partial charge < -0.3 is 4.42 Å². The quantitative estimate of drug-likeness (QED) is 0.507. The maximum Gasteiger partial charge on any atom is 0.263 e. The van der Waals surface area contributed by atoms with Gasteiger partial charge in [-0.3, -0.25) is 9.59 Å². The van der Waals surface area contributed by atoms with Gasteiger partial charge in [-0.1, -0.05) is 13.8 Å². The van der Waals surface area contributed by atoms with Crippen molar-refractivity contribution in [3.8, 4) is 0 Å². The van der Waals surface area contributed by atoms with E-state index in [9.17, 15) is 9.59 Å². The second kappa shape index (κ2) is 3.34. The van der Waals surface area contributed by atoms with Gasteiger partial charge in [0.25, 0.3) is 5.78 Å². The molecule has 1 aromatic rings. The molecule has 0 amide bonds. The number of carbonyl (C=O) groups is 2. The highest BCUT2D eigenvalue weighted by Crippen LogP contribution is 2.06. The lowest BCUT2D eigenvalue weighted by atomic mass is 10.0. The molecular formula is C9H10O3. The van der Waals surface area contributed by atoms with Crippen molar-refractivity contribution in [3.05, 3.63) is 24.2 Å². The molecule has 0 aliphatic rings. The predicted molar refractivity (Wildman–Crippen MR) is 42.9 cm³/mol. The second-order valence-corrected chi connectivity index (χ2v) is 2.83. The third-order valence-corrected chi connectivity index (χ3v) is 1.49. The molecule has 12 heavy (non-hydrogen) atoms. The molecule has 0 atom stereocenters. The van der Waals surface area contributed by atoms with E-state index in [1.165, 1.54) is 12.3 Å². The van der Waals surface area contributed by atoms with Crippen LogP contribution < -0.4 is 0 Å². The van der Waals surface area contributed by atoms with E-state index in [0.29, 0.717) is 0 Å². The number of hydrogen-bond donors (Lipinski definition) is 0. The molecule has 1 heterocycles. The molecule has 0 bridgehead atoms. The van der Waals surface area contributed by atoms with E-state index in [1.54, 1.807) is 19.9 Å². The largest absolute Gasteiger partial charge is 0.461 e. The molecule has 0 radical (unpaired) electrons. The minimum absolute atomic E-state index is 0.119. The summed E-state index contributed by atoms with van der Waals surface area (Å²) >= 11 is 0. The first-order valence-corrected chi connectivity index (χ1v) is 3.75. The lowest BCUT2D eigenvalue weighted by Crippen LogP contribution is -2.18. The molecule has 0 aliphatic heterocycles. The monoisotopic (exact) mass is 166 g/mol. The van der Waals surface area contributed by atoms with Crippen molar-refractivity contribution in [2.45, 2.75) is 13.8 Å². The maximum absolute atomic E-state index is 11.2. The van der Waals surface area contributed by atoms with Crippen LogP contribution in [0.2, 0.25) is 0 Å². The summed E-state index contributed by atoms with van der Waals surface area (Å²) in [5, 5.41) is 0. The topological polar surface area (TPSA) is 47.3 Å². The van der Waals surface area contributed by atoms with Crippen molar-refractivity contribution in [1.29, 1.82) is 0 Å². The molecule has 3 heteroatoms. The highest BCUT2D eigenvalue weighted by molar-refractivity contribution is 6.43. The Labute approximate surface area is 70.4 Å². The predicted octanol–water partition coefficient (Wildman–Crippen LogP) is 1.69. The number of rotatable bonds is 3. The molecule has 0 unspecified atom stereocenters. The maximum atomic E-state index is 11.2. The lowest BCUT2D eigenvalue weighted by molar-refractivity contribution is -0.117. The number of hydrogen-bond acceptors (Lipinski definition) is 3. The van der Waals surface area contributed by atoms with E-state index in [2.05, 4.69) is 0 Å². The SMILES string of the molecule is CC(C)C(=O)C(=O)c1ccco1. The lowest BCUT2D eigenvalue weighted by Gasteiger charge is -1.98. The average Bonchev–Trinajstić information content (AvgIpc) is 2.53. The van der Waals surface area contributed by atoms with Crippen LogP contribution in [0.3, 0.4) is 0 Å². The van der Waals surface area contributed by atoms with Gasteiger partial charge in [-0.15, -0.1) is 0 Å². The minimum atomic E-state index is -0.546. The van der Waals surface area contributed by atoms with Gasteiger partial charge in [0.2, 0.25) is 5.78 Å². The zero-order chi connectivity index (χ0) is 9.14. The van der Waals surface area contributed by atoms with Gasteiger partial charge in [-0.25, -0.2) is 0 Å². The standard InChI is InChI=1S/C9H10O3/c1-6(2)8(10)9(11)7-4-3-5-12-7/h3-6H,1-2H3. The molecule has 0 aromatic carbocycles. The Morgan fingerprint density at radius 3 is 2.50 bits per heavy atom. The number of Topliss-reactive ketones (excluding diaryl/α,β-unsaturated/α-hetero) is 2. The number of ketones is 2. The van der Waals surface area contributed by atoms with Gasteiger partial charge in [0.05, 0.1) is 6.26 Å². The van der Waals surface area contributed by atoms with E-state index in [-0.39, 0.29) is 11.7 Å². The van der Waals surface area contributed by atoms with E-state index in [4.69, 9.17) is 4.42 Å². The third kappa shape index (κ3) is 1.61. The Morgan fingerprint density at radius 1 is 1.42 bits per heavy atom. The van der Waals surface area contributed by atoms with Gasteiger partial charge in [0.1, 0.15) is 0 Å². The van der Waals surface area contributed by atoms with Crippen LogP contribution in [0.1, 0.15) is 24.4 Å². The van der Waals surface area contributed by atoms with Gasteiger partial charge in [0.15, 0.2) is 5.76 Å². The highest BCUT2D eigenvalue weighted by Gasteiger charge is 2.21. The summed E-state index contributed by atoms with van der Waals surface area (Å²) in [4.78, 5) is 22.3. The van der Waals surface area contributed by atoms with E-state index < -0.39 is 11.6 Å². The van der Waals surface area contributed by atoms with Gasteiger partial charge in [0, 0.05) is 5.92 Å². The van der Waals surface area contributed by atoms with Crippen LogP contribution in [0.25, 0.3) is 0 Å². The smallest absolute Gasteiger partial charge is 0.263 e. The van der Waals surface area contributed by atoms with Crippen LogP contribution >= 0.6 is 0 Å². The second-order valence-electron chi connectivity index (χ2n) is 2.83. The van der Waals surface area contributed by atoms with E-state index in [0.717, 1.165) is 0 Å². The summed E-state index contributed by atoms with van der Waals surface area (Å²) in [6.45, 7) is 3.37. The Hall–Kier alpha value is -1.38. The first kappa shape index (κ1) is 8.71. The summed E-state index contributed by atoms with van der Waals surface area (Å²) < 4.78 is 4.80. The Morgan fingerprint density at radius 2 is 2.08 bits per heavy atom. The highest BCUT2D eigenvalue weighted by atomic mass is 16.3. The van der Waals surface area contributed by atoms with Crippen molar-refractivity contribution >= 4 is 11.6 Å². The van der Waals surface area contributed by atoms with E-state index in [1.807, 2.05) is 0 Å². The summed E-state index contributed by atoms with van der Waals surface area (Å²) in [7, 11) is 0. The van der Waals surface area contributed by atoms with Gasteiger partial charge in [-0.05, 0) is 12.1 Å². The van der Waals surface area contributed by atoms with Crippen molar-refractivity contribution in [1.82, 2.24) is 0 Å². The Bertz CT molecular complexity index is 283. The van der Waals surface area contributed by atoms with Crippen LogP contribution in [0.4, 0.5) is 0 Å². The van der Waals surface area contributed by atoms with Crippen molar-refractivity contribution in [2.24, 2.45) is 5.92 Å². The van der Waals surface area contributed by atoms with Crippen LogP contribution in [0, 0.1) is 5.92 Å². The van der Waals surface area contributed by atoms with Gasteiger partial charge in [-0.2, -0.15) is 0 Å². The molecule has 1 rings (SSSR count). The fourth-order valence-corrected chi connectivity index (χ4v) is 0.791. The number of carbonyl (C=O) groups excluding carboxylic acids is 2. The molecule has 0 saturated carbocycles. The normalized spacial score (nSPS) is 10.2. The molecule has 0 spiro atoms. The first-order valence-electron chi connectivity index (χ1n) is 3.75. The molecule has 0 aliphatic carbocycles. The Kier molecular flexibility index (Phi) is 2.43. The third-order valence-electron chi connectivity index (χ3n) is 1.49. The fourth-order valence-electron chi connectivity index (χ4n) is 0.791. The summed E-state index contributed by atoms with van der Waals surface area (Å²) in [6.07, 6.45) is 1.38. The zero-order valence-electron chi connectivity index (χ0n) is 7.03. The number of furan rings is 1. The minimum Gasteiger partial charge on any atom is -0.461 e. The molecule has 3 nitrogen and oxygen atoms in total. The van der Waals surface area contributed by atoms with Gasteiger partial charge >= 0.3 is 0 Å². The Balaban J connectivity index is 2.80. The van der Waals surface area contributed by atoms with Crippen molar-refractivity contribution in [2.75, 3.05) is 0 Å². The summed E-state index contributed by atoms with van der Waals surface area (Å²) in [5.74, 6) is -1.11. The molecule has 64 valence electrons. The zero-order valence-corrected chi connectivity index (χ0v) is 7.03. The fraction of sp³-hybridized carbons (Fsp3) is 0.333. The van der Waals surface area contributed by atoms with Crippen molar-refractivity contribution < 1.29 is 14.0 Å². The molecule has 0 fully saturated rings. The summed E-state index contributed by atoms with van der Waals surface area (Å²) in [5.41, 5.74) is 0. The van der Waals surface area contributed by atoms with Crippen LogP contribution in [0.15, 0.2) is 22.8 Å². The van der Waals surface area contributed by atoms with Crippen LogP contribution in [-0.4, -0.2) is 11.6 Å². The van der Waals surface area contributed by atoms with Crippen LogP contribution in [-0.2, 0) is 4.79 Å².